The first-order chi connectivity index (χ1) is 7.10. The van der Waals surface area contributed by atoms with Crippen molar-refractivity contribution in [3.63, 3.8) is 0 Å². The van der Waals surface area contributed by atoms with Gasteiger partial charge in [-0.1, -0.05) is 28.1 Å². The highest BCUT2D eigenvalue weighted by atomic mass is 79.9. The van der Waals surface area contributed by atoms with E-state index < -0.39 is 0 Å². The molecule has 2 nitrogen and oxygen atoms in total. The van der Waals surface area contributed by atoms with Crippen LogP contribution in [0.3, 0.4) is 0 Å². The summed E-state index contributed by atoms with van der Waals surface area (Å²) in [5.74, 6) is 1.10. The molecule has 0 saturated heterocycles. The summed E-state index contributed by atoms with van der Waals surface area (Å²) in [5, 5.41) is 3.35. The van der Waals surface area contributed by atoms with Crippen molar-refractivity contribution in [2.45, 2.75) is 19.3 Å². The van der Waals surface area contributed by atoms with E-state index in [2.05, 4.69) is 58.3 Å². The van der Waals surface area contributed by atoms with E-state index in [-0.39, 0.29) is 5.41 Å². The minimum absolute atomic E-state index is 0.0275. The maximum Gasteiger partial charge on any atom is 0.107 e. The molecule has 0 radical (unpaired) electrons. The monoisotopic (exact) mass is 266 g/mol. The molecule has 3 heteroatoms. The van der Waals surface area contributed by atoms with Crippen molar-refractivity contribution in [1.82, 2.24) is 5.32 Å². The molecule has 0 fully saturated rings. The Bertz CT molecular complexity index is 396. The minimum Gasteiger partial charge on any atom is -0.371 e. The number of hydrogen-bond acceptors (Lipinski definition) is 2. The largest absolute Gasteiger partial charge is 0.371 e. The standard InChI is InChI=1S/C12H15BrN2/c1-12(2,11-14-6-7-15-11)9-4-3-5-10(13)8-9/h3-5,8H,6-7H2,1-2H3,(H,14,15). The Hall–Kier alpha value is -0.830. The highest BCUT2D eigenvalue weighted by Crippen LogP contribution is 2.27. The van der Waals surface area contributed by atoms with E-state index in [0.29, 0.717) is 0 Å². The van der Waals surface area contributed by atoms with E-state index in [4.69, 9.17) is 0 Å². The van der Waals surface area contributed by atoms with Crippen molar-refractivity contribution >= 4 is 21.8 Å². The third kappa shape index (κ3) is 2.07. The van der Waals surface area contributed by atoms with Crippen LogP contribution in [0.2, 0.25) is 0 Å². The molecular weight excluding hydrogens is 252 g/mol. The van der Waals surface area contributed by atoms with Crippen LogP contribution >= 0.6 is 15.9 Å². The molecule has 0 aliphatic carbocycles. The summed E-state index contributed by atoms with van der Waals surface area (Å²) in [6.45, 7) is 6.26. The molecule has 15 heavy (non-hydrogen) atoms. The van der Waals surface area contributed by atoms with Gasteiger partial charge in [-0.3, -0.25) is 4.99 Å². The van der Waals surface area contributed by atoms with Crippen LogP contribution in [0.15, 0.2) is 33.7 Å². The van der Waals surface area contributed by atoms with Gasteiger partial charge in [0.15, 0.2) is 0 Å². The Labute approximate surface area is 98.9 Å². The van der Waals surface area contributed by atoms with Gasteiger partial charge < -0.3 is 5.32 Å². The van der Waals surface area contributed by atoms with Gasteiger partial charge >= 0.3 is 0 Å². The maximum atomic E-state index is 4.50. The Kier molecular flexibility index (Phi) is 2.83. The normalized spacial score (nSPS) is 16.1. The van der Waals surface area contributed by atoms with E-state index in [1.807, 2.05) is 6.07 Å². The lowest BCUT2D eigenvalue weighted by molar-refractivity contribution is 0.694. The number of nitrogens with one attached hydrogen (secondary N) is 1. The van der Waals surface area contributed by atoms with Crippen LogP contribution < -0.4 is 5.32 Å². The van der Waals surface area contributed by atoms with E-state index >= 15 is 0 Å². The summed E-state index contributed by atoms with van der Waals surface area (Å²) in [6.07, 6.45) is 0. The average Bonchev–Trinajstić information content (AvgIpc) is 2.71. The van der Waals surface area contributed by atoms with Crippen LogP contribution in [0.1, 0.15) is 19.4 Å². The number of amidine groups is 1. The first kappa shape index (κ1) is 10.7. The van der Waals surface area contributed by atoms with Gasteiger partial charge in [-0.05, 0) is 31.5 Å². The van der Waals surface area contributed by atoms with Crippen LogP contribution in [-0.4, -0.2) is 18.9 Å². The molecule has 0 atom stereocenters. The van der Waals surface area contributed by atoms with Gasteiger partial charge in [0.2, 0.25) is 0 Å². The van der Waals surface area contributed by atoms with Crippen molar-refractivity contribution in [2.75, 3.05) is 13.1 Å². The number of hydrogen-bond donors (Lipinski definition) is 1. The molecule has 1 aliphatic heterocycles. The van der Waals surface area contributed by atoms with Crippen LogP contribution in [0, 0.1) is 0 Å². The molecule has 80 valence electrons. The lowest BCUT2D eigenvalue weighted by atomic mass is 9.83. The van der Waals surface area contributed by atoms with Crippen LogP contribution in [0.4, 0.5) is 0 Å². The van der Waals surface area contributed by atoms with E-state index in [0.717, 1.165) is 23.4 Å². The van der Waals surface area contributed by atoms with Crippen molar-refractivity contribution in [3.8, 4) is 0 Å². The number of nitrogens with zero attached hydrogens (tertiary/aromatic N) is 1. The number of aliphatic imine (C=N–C) groups is 1. The second-order valence-electron chi connectivity index (χ2n) is 4.29. The number of halogens is 1. The van der Waals surface area contributed by atoms with Gasteiger partial charge in [-0.2, -0.15) is 0 Å². The fraction of sp³-hybridized carbons (Fsp3) is 0.417. The second kappa shape index (κ2) is 3.97. The molecule has 2 rings (SSSR count). The van der Waals surface area contributed by atoms with Crippen LogP contribution in [-0.2, 0) is 5.41 Å². The maximum absolute atomic E-state index is 4.50. The Morgan fingerprint density at radius 1 is 1.40 bits per heavy atom. The van der Waals surface area contributed by atoms with E-state index in [1.54, 1.807) is 0 Å². The first-order valence-corrected chi connectivity index (χ1v) is 5.95. The molecular formula is C12H15BrN2. The Morgan fingerprint density at radius 3 is 2.80 bits per heavy atom. The lowest BCUT2D eigenvalue weighted by Crippen LogP contribution is -2.37. The second-order valence-corrected chi connectivity index (χ2v) is 5.21. The molecule has 0 saturated carbocycles. The molecule has 1 aliphatic rings. The van der Waals surface area contributed by atoms with Crippen molar-refractivity contribution in [3.05, 3.63) is 34.3 Å². The molecule has 0 aromatic heterocycles. The predicted molar refractivity (Wildman–Crippen MR) is 67.5 cm³/mol. The molecule has 0 bridgehead atoms. The fourth-order valence-electron chi connectivity index (χ4n) is 1.83. The molecule has 1 N–H and O–H groups in total. The van der Waals surface area contributed by atoms with Gasteiger partial charge in [0.1, 0.15) is 5.84 Å². The zero-order valence-electron chi connectivity index (χ0n) is 9.05. The Balaban J connectivity index is 2.36. The summed E-state index contributed by atoms with van der Waals surface area (Å²) in [4.78, 5) is 4.50. The van der Waals surface area contributed by atoms with Crippen molar-refractivity contribution in [1.29, 1.82) is 0 Å². The van der Waals surface area contributed by atoms with Gasteiger partial charge in [0.25, 0.3) is 0 Å². The highest BCUT2D eigenvalue weighted by Gasteiger charge is 2.28. The molecule has 0 spiro atoms. The summed E-state index contributed by atoms with van der Waals surface area (Å²) in [5.41, 5.74) is 1.25. The van der Waals surface area contributed by atoms with Gasteiger partial charge in [0.05, 0.1) is 6.54 Å². The summed E-state index contributed by atoms with van der Waals surface area (Å²) in [6, 6.07) is 8.41. The van der Waals surface area contributed by atoms with Crippen molar-refractivity contribution < 1.29 is 0 Å². The third-order valence-electron chi connectivity index (χ3n) is 2.81. The van der Waals surface area contributed by atoms with Crippen LogP contribution in [0.25, 0.3) is 0 Å². The number of benzene rings is 1. The Morgan fingerprint density at radius 2 is 2.20 bits per heavy atom. The highest BCUT2D eigenvalue weighted by molar-refractivity contribution is 9.10. The van der Waals surface area contributed by atoms with Crippen LogP contribution in [0.5, 0.6) is 0 Å². The summed E-state index contributed by atoms with van der Waals surface area (Å²) < 4.78 is 1.12. The molecule has 0 amide bonds. The quantitative estimate of drug-likeness (QED) is 0.875. The zero-order valence-corrected chi connectivity index (χ0v) is 10.6. The first-order valence-electron chi connectivity index (χ1n) is 5.15. The fourth-order valence-corrected chi connectivity index (χ4v) is 2.23. The SMILES string of the molecule is CC(C)(C1=NCCN1)c1cccc(Br)c1. The summed E-state index contributed by atoms with van der Waals surface area (Å²) >= 11 is 3.50. The topological polar surface area (TPSA) is 24.4 Å². The van der Waals surface area contributed by atoms with Crippen molar-refractivity contribution in [2.24, 2.45) is 4.99 Å². The lowest BCUT2D eigenvalue weighted by Gasteiger charge is -2.25. The third-order valence-corrected chi connectivity index (χ3v) is 3.31. The molecule has 1 aromatic rings. The van der Waals surface area contributed by atoms with Gasteiger partial charge in [-0.25, -0.2) is 0 Å². The molecule has 1 aromatic carbocycles. The predicted octanol–water partition coefficient (Wildman–Crippen LogP) is 2.73. The van der Waals surface area contributed by atoms with Gasteiger partial charge in [0, 0.05) is 16.4 Å². The molecule has 1 heterocycles. The van der Waals surface area contributed by atoms with E-state index in [1.165, 1.54) is 5.56 Å². The molecule has 0 unspecified atom stereocenters. The zero-order chi connectivity index (χ0) is 10.9. The minimum atomic E-state index is -0.0275. The average molecular weight is 267 g/mol. The number of rotatable bonds is 2. The smallest absolute Gasteiger partial charge is 0.107 e. The van der Waals surface area contributed by atoms with E-state index in [9.17, 15) is 0 Å². The summed E-state index contributed by atoms with van der Waals surface area (Å²) in [7, 11) is 0. The van der Waals surface area contributed by atoms with Gasteiger partial charge in [-0.15, -0.1) is 0 Å².